The number of nitrogens with one attached hydrogen (secondary N) is 2. The van der Waals surface area contributed by atoms with Gasteiger partial charge in [-0.3, -0.25) is 24.1 Å². The Kier molecular flexibility index (Phi) is 8.88. The molecule has 0 radical (unpaired) electrons. The summed E-state index contributed by atoms with van der Waals surface area (Å²) < 4.78 is 47.9. The number of carbonyl (C=O) groups excluding carboxylic acids is 1. The lowest BCUT2D eigenvalue weighted by Gasteiger charge is -2.18. The normalized spacial score (nSPS) is 13.4. The average Bonchev–Trinajstić information content (AvgIpc) is 3.14. The van der Waals surface area contributed by atoms with E-state index in [9.17, 15) is 22.6 Å². The molecule has 0 aliphatic heterocycles. The second-order valence-electron chi connectivity index (χ2n) is 11.8. The number of nitrogens with zero attached hydrogens (tertiary/aromatic N) is 3. The van der Waals surface area contributed by atoms with E-state index in [0.29, 0.717) is 50.9 Å². The Morgan fingerprint density at radius 1 is 0.788 bits per heavy atom. The molecule has 1 aromatic heterocycles. The first kappa shape index (κ1) is 33.9. The highest BCUT2D eigenvalue weighted by Crippen LogP contribution is 2.35. The van der Waals surface area contributed by atoms with E-state index in [2.05, 4.69) is 20.8 Å². The molecule has 12 nitrogen and oxygen atoms in total. The van der Waals surface area contributed by atoms with Crippen LogP contribution in [-0.2, 0) is 10.1 Å². The van der Waals surface area contributed by atoms with Crippen molar-refractivity contribution < 1.29 is 27.2 Å². The molecule has 0 atom stereocenters. The minimum Gasteiger partial charge on any atom is -0.495 e. The number of benzene rings is 5. The van der Waals surface area contributed by atoms with Gasteiger partial charge in [-0.05, 0) is 96.4 Å². The zero-order valence-corrected chi connectivity index (χ0v) is 28.9. The van der Waals surface area contributed by atoms with E-state index in [1.165, 1.54) is 24.9 Å². The molecule has 52 heavy (non-hydrogen) atoms. The highest BCUT2D eigenvalue weighted by molar-refractivity contribution is 7.91. The molecule has 5 aromatic carbocycles. The number of methoxy groups -OCH3 is 2. The van der Waals surface area contributed by atoms with Crippen molar-refractivity contribution in [1.29, 1.82) is 0 Å². The van der Waals surface area contributed by atoms with Crippen molar-refractivity contribution in [2.75, 3.05) is 25.0 Å². The summed E-state index contributed by atoms with van der Waals surface area (Å²) in [6, 6.07) is 31.9. The van der Waals surface area contributed by atoms with Crippen LogP contribution >= 0.6 is 0 Å². The number of fused-ring (bicyclic) bond motifs is 2. The van der Waals surface area contributed by atoms with E-state index in [1.54, 1.807) is 73.7 Å². The maximum absolute atomic E-state index is 13.6. The Bertz CT molecular complexity index is 2630. The Labute approximate surface area is 298 Å². The molecule has 7 rings (SSSR count). The van der Waals surface area contributed by atoms with E-state index in [0.717, 1.165) is 16.8 Å². The second kappa shape index (κ2) is 13.6. The number of carbonyl (C=O) groups is 1. The van der Waals surface area contributed by atoms with Crippen LogP contribution in [-0.4, -0.2) is 48.2 Å². The number of Topliss-reactive ketones (excluding diaryl/α,β-unsaturated/α-hetero) is 1. The smallest absolute Gasteiger partial charge is 0.296 e. The number of para-hydroxylation sites is 2. The van der Waals surface area contributed by atoms with Crippen LogP contribution in [0.1, 0.15) is 21.7 Å². The molecule has 0 fully saturated rings. The van der Waals surface area contributed by atoms with Crippen LogP contribution in [0.5, 0.6) is 11.5 Å². The quantitative estimate of drug-likeness (QED) is 0.105. The predicted octanol–water partition coefficient (Wildman–Crippen LogP) is 7.02. The third-order valence-electron chi connectivity index (χ3n) is 8.56. The summed E-state index contributed by atoms with van der Waals surface area (Å²) in [4.78, 5) is 31.0. The van der Waals surface area contributed by atoms with Crippen LogP contribution in [0, 0.1) is 6.92 Å². The van der Waals surface area contributed by atoms with Gasteiger partial charge >= 0.3 is 0 Å². The summed E-state index contributed by atoms with van der Waals surface area (Å²) in [5, 5.41) is 7.84. The summed E-state index contributed by atoms with van der Waals surface area (Å²) in [5.74, 6) is 0.581. The van der Waals surface area contributed by atoms with Gasteiger partial charge in [-0.2, -0.15) is 13.5 Å². The van der Waals surface area contributed by atoms with Gasteiger partial charge in [-0.15, -0.1) is 0 Å². The van der Waals surface area contributed by atoms with Crippen LogP contribution in [0.3, 0.4) is 0 Å². The molecule has 1 heterocycles. The Morgan fingerprint density at radius 3 is 2.21 bits per heavy atom. The van der Waals surface area contributed by atoms with Gasteiger partial charge in [0, 0.05) is 16.9 Å². The highest BCUT2D eigenvalue weighted by atomic mass is 32.2. The lowest BCUT2D eigenvalue weighted by atomic mass is 9.94. The number of hydrazone groups is 1. The number of ketones is 1. The predicted molar refractivity (Wildman–Crippen MR) is 202 cm³/mol. The Morgan fingerprint density at radius 2 is 1.48 bits per heavy atom. The molecule has 6 aromatic rings. The first-order chi connectivity index (χ1) is 25.0. The fourth-order valence-corrected chi connectivity index (χ4v) is 6.71. The standard InChI is InChI=1S/C39H31N5O7S/c1-23-40-31-12-8-7-11-30(31)39(46)44(23)33-18-14-25(21-35(33)51-3)24-13-17-32(34(20-24)50-2)42-43-37-36(52(47,48)49)22-26-19-28(15-16-29(26)38(37)45)41-27-9-5-4-6-10-27/h4-22,41-42H,1-3H3,(H,47,48,49). The van der Waals surface area contributed by atoms with Crippen molar-refractivity contribution in [1.82, 2.24) is 9.55 Å². The zero-order chi connectivity index (χ0) is 36.6. The number of hydrogen-bond acceptors (Lipinski definition) is 10. The van der Waals surface area contributed by atoms with E-state index < -0.39 is 26.5 Å². The number of hydrogen-bond donors (Lipinski definition) is 3. The first-order valence-corrected chi connectivity index (χ1v) is 17.4. The molecule has 0 amide bonds. The third kappa shape index (κ3) is 6.41. The molecular weight excluding hydrogens is 683 g/mol. The minimum atomic E-state index is -4.85. The molecule has 0 saturated heterocycles. The van der Waals surface area contributed by atoms with Gasteiger partial charge in [0.2, 0.25) is 5.78 Å². The van der Waals surface area contributed by atoms with Gasteiger partial charge in [0.25, 0.3) is 15.7 Å². The van der Waals surface area contributed by atoms with Crippen LogP contribution in [0.15, 0.2) is 124 Å². The van der Waals surface area contributed by atoms with Crippen molar-refractivity contribution in [3.63, 3.8) is 0 Å². The molecule has 1 aliphatic rings. The van der Waals surface area contributed by atoms with Gasteiger partial charge < -0.3 is 14.8 Å². The largest absolute Gasteiger partial charge is 0.495 e. The zero-order valence-electron chi connectivity index (χ0n) is 28.1. The monoisotopic (exact) mass is 713 g/mol. The fraction of sp³-hybridized carbons (Fsp3) is 0.0769. The lowest BCUT2D eigenvalue weighted by molar-refractivity contribution is 0.106. The molecule has 3 N–H and O–H groups in total. The summed E-state index contributed by atoms with van der Waals surface area (Å²) in [5.41, 5.74) is 6.90. The lowest BCUT2D eigenvalue weighted by Crippen LogP contribution is -2.27. The third-order valence-corrected chi connectivity index (χ3v) is 9.43. The number of rotatable bonds is 9. The van der Waals surface area contributed by atoms with E-state index >= 15 is 0 Å². The second-order valence-corrected chi connectivity index (χ2v) is 13.2. The number of anilines is 3. The topological polar surface area (TPSA) is 161 Å². The Hall–Kier alpha value is -6.57. The maximum atomic E-state index is 13.6. The fourth-order valence-electron chi connectivity index (χ4n) is 6.06. The maximum Gasteiger partial charge on any atom is 0.296 e. The number of ether oxygens (including phenoxy) is 2. The molecule has 13 heteroatoms. The van der Waals surface area contributed by atoms with E-state index in [4.69, 9.17) is 9.47 Å². The van der Waals surface area contributed by atoms with Crippen molar-refractivity contribution in [2.24, 2.45) is 5.10 Å². The summed E-state index contributed by atoms with van der Waals surface area (Å²) in [6.07, 6.45) is 1.21. The van der Waals surface area contributed by atoms with Crippen molar-refractivity contribution >= 4 is 55.7 Å². The molecule has 1 aliphatic carbocycles. The molecule has 0 unspecified atom stereocenters. The number of allylic oxidation sites excluding steroid dienone is 1. The number of aromatic nitrogens is 2. The van der Waals surface area contributed by atoms with Crippen molar-refractivity contribution in [3.05, 3.63) is 141 Å². The van der Waals surface area contributed by atoms with Gasteiger partial charge in [0.15, 0.2) is 5.71 Å². The molecule has 260 valence electrons. The molecule has 0 bridgehead atoms. The van der Waals surface area contributed by atoms with Crippen LogP contribution in [0.25, 0.3) is 33.8 Å². The van der Waals surface area contributed by atoms with Crippen LogP contribution < -0.4 is 25.8 Å². The van der Waals surface area contributed by atoms with Crippen molar-refractivity contribution in [2.45, 2.75) is 6.92 Å². The van der Waals surface area contributed by atoms with Gasteiger partial charge in [0.1, 0.15) is 22.2 Å². The van der Waals surface area contributed by atoms with Crippen LogP contribution in [0.2, 0.25) is 0 Å². The van der Waals surface area contributed by atoms with Crippen molar-refractivity contribution in [3.8, 4) is 28.3 Å². The minimum absolute atomic E-state index is 0.211. The molecule has 0 saturated carbocycles. The van der Waals surface area contributed by atoms with Gasteiger partial charge in [-0.1, -0.05) is 42.5 Å². The summed E-state index contributed by atoms with van der Waals surface area (Å²) in [7, 11) is -1.88. The summed E-state index contributed by atoms with van der Waals surface area (Å²) in [6.45, 7) is 1.76. The summed E-state index contributed by atoms with van der Waals surface area (Å²) >= 11 is 0. The molecular formula is C39H31N5O7S. The SMILES string of the molecule is COc1cc(-c2ccc(-n3c(C)nc4ccccc4c3=O)c(OC)c2)ccc1NN=C1C(=O)c2ccc(Nc3ccccc3)cc2C=C1S(=O)(=O)O. The number of aryl methyl sites for hydroxylation is 1. The van der Waals surface area contributed by atoms with E-state index in [1.807, 2.05) is 42.5 Å². The van der Waals surface area contributed by atoms with Crippen LogP contribution in [0.4, 0.5) is 17.1 Å². The van der Waals surface area contributed by atoms with Gasteiger partial charge in [-0.25, -0.2) is 4.98 Å². The average molecular weight is 714 g/mol. The Balaban J connectivity index is 1.19. The van der Waals surface area contributed by atoms with Gasteiger partial charge in [0.05, 0.1) is 36.5 Å². The first-order valence-electron chi connectivity index (χ1n) is 15.9. The molecule has 0 spiro atoms. The highest BCUT2D eigenvalue weighted by Gasteiger charge is 2.33. The van der Waals surface area contributed by atoms with E-state index in [-0.39, 0.29) is 11.1 Å².